The summed E-state index contributed by atoms with van der Waals surface area (Å²) in [4.78, 5) is 19.6. The van der Waals surface area contributed by atoms with Crippen molar-refractivity contribution < 1.29 is 13.9 Å². The highest BCUT2D eigenvalue weighted by molar-refractivity contribution is 6.05. The van der Waals surface area contributed by atoms with E-state index in [1.807, 2.05) is 45.9 Å². The van der Waals surface area contributed by atoms with Crippen LogP contribution in [-0.4, -0.2) is 52.2 Å². The molecule has 6 nitrogen and oxygen atoms in total. The van der Waals surface area contributed by atoms with Crippen LogP contribution in [0.5, 0.6) is 0 Å². The van der Waals surface area contributed by atoms with Gasteiger partial charge in [0.2, 0.25) is 0 Å². The second-order valence-corrected chi connectivity index (χ2v) is 9.14. The number of hydrogen-bond acceptors (Lipinski definition) is 3. The SMILES string of the molecule is COCCN(C)C(=O)c1cn(Cc2cncn2Cc2ccc(F)cc2)cc1-c1cccc2ccccc12. The predicted octanol–water partition coefficient (Wildman–Crippen LogP) is 5.46. The number of nitrogens with zero attached hydrogens (tertiary/aromatic N) is 4. The Morgan fingerprint density at radius 2 is 1.76 bits per heavy atom. The van der Waals surface area contributed by atoms with Crippen LogP contribution in [0.1, 0.15) is 21.6 Å². The third-order valence-electron chi connectivity index (χ3n) is 6.58. The van der Waals surface area contributed by atoms with Crippen molar-refractivity contribution in [3.63, 3.8) is 0 Å². The smallest absolute Gasteiger partial charge is 0.255 e. The number of carbonyl (C=O) groups excluding carboxylic acids is 1. The number of methoxy groups -OCH3 is 1. The summed E-state index contributed by atoms with van der Waals surface area (Å²) in [5, 5.41) is 2.22. The third-order valence-corrected chi connectivity index (χ3v) is 6.58. The van der Waals surface area contributed by atoms with Gasteiger partial charge in [0.05, 0.1) is 30.7 Å². The number of imidazole rings is 1. The van der Waals surface area contributed by atoms with Crippen molar-refractivity contribution in [1.82, 2.24) is 19.0 Å². The molecule has 0 N–H and O–H groups in total. The molecule has 0 aliphatic carbocycles. The summed E-state index contributed by atoms with van der Waals surface area (Å²) in [5.74, 6) is -0.311. The highest BCUT2D eigenvalue weighted by Crippen LogP contribution is 2.32. The van der Waals surface area contributed by atoms with Crippen LogP contribution < -0.4 is 0 Å². The van der Waals surface area contributed by atoms with E-state index in [1.165, 1.54) is 12.1 Å². The Balaban J connectivity index is 1.51. The minimum absolute atomic E-state index is 0.0569. The van der Waals surface area contributed by atoms with Gasteiger partial charge in [-0.2, -0.15) is 0 Å². The zero-order chi connectivity index (χ0) is 25.8. The zero-order valence-electron chi connectivity index (χ0n) is 21.0. The van der Waals surface area contributed by atoms with Gasteiger partial charge in [0.1, 0.15) is 5.82 Å². The normalized spacial score (nSPS) is 11.2. The number of fused-ring (bicyclic) bond motifs is 1. The van der Waals surface area contributed by atoms with Crippen LogP contribution in [0.2, 0.25) is 0 Å². The number of halogens is 1. The molecule has 37 heavy (non-hydrogen) atoms. The van der Waals surface area contributed by atoms with Gasteiger partial charge in [0, 0.05) is 51.4 Å². The molecule has 2 heterocycles. The van der Waals surface area contributed by atoms with Crippen LogP contribution in [0.3, 0.4) is 0 Å². The van der Waals surface area contributed by atoms with Gasteiger partial charge in [-0.15, -0.1) is 0 Å². The first-order valence-electron chi connectivity index (χ1n) is 12.2. The molecule has 0 saturated carbocycles. The minimum atomic E-state index is -0.254. The molecule has 188 valence electrons. The number of hydrogen-bond donors (Lipinski definition) is 0. The van der Waals surface area contributed by atoms with E-state index < -0.39 is 0 Å². The summed E-state index contributed by atoms with van der Waals surface area (Å²) in [7, 11) is 3.43. The molecule has 0 bridgehead atoms. The lowest BCUT2D eigenvalue weighted by molar-refractivity contribution is 0.0745. The number of likely N-dealkylation sites (N-methyl/N-ethyl adjacent to an activating group) is 1. The Kier molecular flexibility index (Phi) is 7.14. The molecule has 0 unspecified atom stereocenters. The molecule has 3 aromatic carbocycles. The first-order chi connectivity index (χ1) is 18.0. The van der Waals surface area contributed by atoms with Gasteiger partial charge in [-0.1, -0.05) is 54.6 Å². The lowest BCUT2D eigenvalue weighted by atomic mass is 9.97. The Morgan fingerprint density at radius 3 is 2.57 bits per heavy atom. The maximum absolute atomic E-state index is 13.5. The van der Waals surface area contributed by atoms with Crippen LogP contribution in [0.4, 0.5) is 4.39 Å². The molecule has 7 heteroatoms. The van der Waals surface area contributed by atoms with Crippen molar-refractivity contribution in [1.29, 1.82) is 0 Å². The van der Waals surface area contributed by atoms with Gasteiger partial charge in [-0.3, -0.25) is 4.79 Å². The topological polar surface area (TPSA) is 52.3 Å². The number of rotatable bonds is 9. The highest BCUT2D eigenvalue weighted by Gasteiger charge is 2.21. The fourth-order valence-electron chi connectivity index (χ4n) is 4.58. The van der Waals surface area contributed by atoms with Crippen LogP contribution >= 0.6 is 0 Å². The first-order valence-corrected chi connectivity index (χ1v) is 12.2. The van der Waals surface area contributed by atoms with Crippen LogP contribution in [0.25, 0.3) is 21.9 Å². The van der Waals surface area contributed by atoms with Gasteiger partial charge < -0.3 is 18.8 Å². The molecule has 0 fully saturated rings. The summed E-state index contributed by atoms with van der Waals surface area (Å²) in [5.41, 5.74) is 4.51. The van der Waals surface area contributed by atoms with E-state index in [1.54, 1.807) is 37.5 Å². The molecule has 0 saturated heterocycles. The number of carbonyl (C=O) groups is 1. The van der Waals surface area contributed by atoms with Crippen molar-refractivity contribution in [3.05, 3.63) is 114 Å². The summed E-state index contributed by atoms with van der Waals surface area (Å²) in [6.07, 6.45) is 7.55. The van der Waals surface area contributed by atoms with Crippen molar-refractivity contribution >= 4 is 16.7 Å². The maximum atomic E-state index is 13.5. The Bertz CT molecular complexity index is 1520. The minimum Gasteiger partial charge on any atom is -0.383 e. The van der Waals surface area contributed by atoms with E-state index in [0.29, 0.717) is 31.8 Å². The first kappa shape index (κ1) is 24.5. The average molecular weight is 497 g/mol. The van der Waals surface area contributed by atoms with Crippen molar-refractivity contribution in [3.8, 4) is 11.1 Å². The number of ether oxygens (including phenoxy) is 1. The summed E-state index contributed by atoms with van der Waals surface area (Å²) < 4.78 is 22.6. The second kappa shape index (κ2) is 10.8. The Morgan fingerprint density at radius 1 is 0.973 bits per heavy atom. The molecule has 0 radical (unpaired) electrons. The average Bonchev–Trinajstić information content (AvgIpc) is 3.54. The second-order valence-electron chi connectivity index (χ2n) is 9.14. The molecule has 5 rings (SSSR count). The summed E-state index contributed by atoms with van der Waals surface area (Å²) in [6.45, 7) is 2.09. The lowest BCUT2D eigenvalue weighted by Crippen LogP contribution is -2.30. The van der Waals surface area contributed by atoms with Gasteiger partial charge in [-0.05, 0) is 34.0 Å². The molecular weight excluding hydrogens is 467 g/mol. The van der Waals surface area contributed by atoms with Gasteiger partial charge in [0.25, 0.3) is 5.91 Å². The predicted molar refractivity (Wildman–Crippen MR) is 143 cm³/mol. The fraction of sp³-hybridized carbons (Fsp3) is 0.200. The summed E-state index contributed by atoms with van der Waals surface area (Å²) >= 11 is 0. The monoisotopic (exact) mass is 496 g/mol. The lowest BCUT2D eigenvalue weighted by Gasteiger charge is -2.17. The highest BCUT2D eigenvalue weighted by atomic mass is 19.1. The number of aromatic nitrogens is 3. The molecule has 5 aromatic rings. The maximum Gasteiger partial charge on any atom is 0.255 e. The van der Waals surface area contributed by atoms with E-state index >= 15 is 0 Å². The van der Waals surface area contributed by atoms with Gasteiger partial charge >= 0.3 is 0 Å². The zero-order valence-corrected chi connectivity index (χ0v) is 21.0. The van der Waals surface area contributed by atoms with Crippen LogP contribution in [-0.2, 0) is 17.8 Å². The van der Waals surface area contributed by atoms with E-state index in [0.717, 1.165) is 33.2 Å². The van der Waals surface area contributed by atoms with E-state index in [4.69, 9.17) is 4.74 Å². The van der Waals surface area contributed by atoms with Crippen molar-refractivity contribution in [2.24, 2.45) is 0 Å². The van der Waals surface area contributed by atoms with Crippen molar-refractivity contribution in [2.45, 2.75) is 13.1 Å². The Labute approximate surface area is 215 Å². The number of benzene rings is 3. The standard InChI is InChI=1S/C30H29FN4O2/c1-33(14-15-37-2)30(36)29-20-34(19-28(29)27-9-5-7-23-6-3-4-8-26(23)27)18-25-16-32-21-35(25)17-22-10-12-24(31)13-11-22/h3-13,16,19-21H,14-15,17-18H2,1-2H3. The van der Waals surface area contributed by atoms with Gasteiger partial charge in [0.15, 0.2) is 0 Å². The molecule has 0 spiro atoms. The third kappa shape index (κ3) is 5.32. The largest absolute Gasteiger partial charge is 0.383 e. The fourth-order valence-corrected chi connectivity index (χ4v) is 4.58. The van der Waals surface area contributed by atoms with Crippen LogP contribution in [0.15, 0.2) is 91.6 Å². The van der Waals surface area contributed by atoms with Crippen molar-refractivity contribution in [2.75, 3.05) is 27.3 Å². The molecule has 0 atom stereocenters. The quantitative estimate of drug-likeness (QED) is 0.272. The summed E-state index contributed by atoms with van der Waals surface area (Å²) in [6, 6.07) is 20.9. The molecule has 2 aromatic heterocycles. The Hall–Kier alpha value is -4.23. The molecular formula is C30H29FN4O2. The van der Waals surface area contributed by atoms with E-state index in [-0.39, 0.29) is 11.7 Å². The molecule has 0 aliphatic rings. The van der Waals surface area contributed by atoms with E-state index in [2.05, 4.69) is 29.2 Å². The van der Waals surface area contributed by atoms with Gasteiger partial charge in [-0.25, -0.2) is 9.37 Å². The molecule has 1 amide bonds. The molecule has 0 aliphatic heterocycles. The number of amides is 1. The van der Waals surface area contributed by atoms with Crippen LogP contribution in [0, 0.1) is 5.82 Å². The van der Waals surface area contributed by atoms with E-state index in [9.17, 15) is 9.18 Å².